The molecule has 0 bridgehead atoms. The van der Waals surface area contributed by atoms with E-state index in [9.17, 15) is 9.59 Å². The van der Waals surface area contributed by atoms with Gasteiger partial charge in [-0.15, -0.1) is 5.10 Å². The van der Waals surface area contributed by atoms with Gasteiger partial charge in [-0.05, 0) is 55.0 Å². The first-order chi connectivity index (χ1) is 17.9. The highest BCUT2D eigenvalue weighted by molar-refractivity contribution is 6.02. The zero-order chi connectivity index (χ0) is 26.4. The fraction of sp³-hybridized carbons (Fsp3) is 0.333. The van der Waals surface area contributed by atoms with E-state index in [1.54, 1.807) is 9.58 Å². The minimum atomic E-state index is -0.831. The molecule has 4 aromatic rings. The van der Waals surface area contributed by atoms with E-state index in [2.05, 4.69) is 36.4 Å². The molecule has 0 aliphatic carbocycles. The van der Waals surface area contributed by atoms with Crippen LogP contribution in [0.2, 0.25) is 0 Å². The summed E-state index contributed by atoms with van der Waals surface area (Å²) in [6.07, 6.45) is 1.58. The summed E-state index contributed by atoms with van der Waals surface area (Å²) < 4.78 is 1.60. The number of para-hydroxylation sites is 2. The van der Waals surface area contributed by atoms with Gasteiger partial charge in [0.25, 0.3) is 0 Å². The van der Waals surface area contributed by atoms with Crippen molar-refractivity contribution in [2.45, 2.75) is 53.1 Å². The van der Waals surface area contributed by atoms with Crippen molar-refractivity contribution >= 4 is 28.5 Å². The number of anilines is 1. The molecule has 2 amide bonds. The summed E-state index contributed by atoms with van der Waals surface area (Å²) in [7, 11) is 0. The van der Waals surface area contributed by atoms with Crippen LogP contribution in [0.3, 0.4) is 0 Å². The minimum Gasteiger partial charge on any atom is -0.354 e. The zero-order valence-electron chi connectivity index (χ0n) is 22.0. The van der Waals surface area contributed by atoms with Crippen LogP contribution < -0.4 is 10.2 Å². The first kappa shape index (κ1) is 26.1. The fourth-order valence-electron chi connectivity index (χ4n) is 4.45. The summed E-state index contributed by atoms with van der Waals surface area (Å²) >= 11 is 0. The van der Waals surface area contributed by atoms with Gasteiger partial charge in [0.1, 0.15) is 18.1 Å². The second kappa shape index (κ2) is 11.8. The van der Waals surface area contributed by atoms with Crippen molar-refractivity contribution in [3.8, 4) is 0 Å². The van der Waals surface area contributed by atoms with Gasteiger partial charge in [0.2, 0.25) is 11.8 Å². The van der Waals surface area contributed by atoms with Gasteiger partial charge in [0.05, 0.1) is 5.52 Å². The molecule has 7 nitrogen and oxygen atoms in total. The number of nitrogens with one attached hydrogen (secondary N) is 1. The Hall–Kier alpha value is -4.00. The van der Waals surface area contributed by atoms with Crippen molar-refractivity contribution in [2.75, 3.05) is 11.4 Å². The fourth-order valence-corrected chi connectivity index (χ4v) is 4.45. The Morgan fingerprint density at radius 1 is 0.973 bits per heavy atom. The first-order valence-electron chi connectivity index (χ1n) is 12.9. The van der Waals surface area contributed by atoms with Crippen LogP contribution in [0.15, 0.2) is 72.8 Å². The highest BCUT2D eigenvalue weighted by Gasteiger charge is 2.34. The molecule has 7 heteroatoms. The van der Waals surface area contributed by atoms with Crippen molar-refractivity contribution in [1.29, 1.82) is 0 Å². The third-order valence-corrected chi connectivity index (χ3v) is 6.53. The molecule has 0 saturated heterocycles. The molecule has 0 fully saturated rings. The maximum absolute atomic E-state index is 14.1. The number of hydrogen-bond acceptors (Lipinski definition) is 4. The summed E-state index contributed by atoms with van der Waals surface area (Å²) in [5.41, 5.74) is 5.06. The number of nitrogens with zero attached hydrogens (tertiary/aromatic N) is 4. The average Bonchev–Trinajstić information content (AvgIpc) is 3.30. The highest BCUT2D eigenvalue weighted by atomic mass is 16.2. The lowest BCUT2D eigenvalue weighted by atomic mass is 9.99. The van der Waals surface area contributed by atoms with Crippen molar-refractivity contribution in [1.82, 2.24) is 20.3 Å². The van der Waals surface area contributed by atoms with Gasteiger partial charge in [0, 0.05) is 12.2 Å². The molecule has 192 valence electrons. The van der Waals surface area contributed by atoms with Crippen molar-refractivity contribution in [2.24, 2.45) is 5.92 Å². The lowest BCUT2D eigenvalue weighted by Gasteiger charge is -2.33. The lowest BCUT2D eigenvalue weighted by Crippen LogP contribution is -2.46. The van der Waals surface area contributed by atoms with Crippen LogP contribution in [0.25, 0.3) is 11.0 Å². The van der Waals surface area contributed by atoms with Crippen LogP contribution >= 0.6 is 0 Å². The predicted molar refractivity (Wildman–Crippen MR) is 147 cm³/mol. The minimum absolute atomic E-state index is 0.0415. The smallest absolute Gasteiger partial charge is 0.249 e. The third-order valence-electron chi connectivity index (χ3n) is 6.53. The molecule has 3 aromatic carbocycles. The van der Waals surface area contributed by atoms with Crippen LogP contribution in [-0.4, -0.2) is 33.4 Å². The summed E-state index contributed by atoms with van der Waals surface area (Å²) in [6.45, 7) is 8.81. The van der Waals surface area contributed by atoms with E-state index < -0.39 is 6.04 Å². The number of aryl methyl sites for hydroxylation is 2. The van der Waals surface area contributed by atoms with E-state index in [-0.39, 0.29) is 18.4 Å². The molecule has 0 aliphatic rings. The number of rotatable bonds is 10. The molecule has 1 atom stereocenters. The summed E-state index contributed by atoms with van der Waals surface area (Å²) in [5, 5.41) is 11.5. The number of benzene rings is 3. The Morgan fingerprint density at radius 2 is 1.68 bits per heavy atom. The van der Waals surface area contributed by atoms with Crippen molar-refractivity contribution in [3.05, 3.63) is 89.5 Å². The summed E-state index contributed by atoms with van der Waals surface area (Å²) in [6, 6.07) is 22.3. The SMILES string of the molecule is CCc1ccccc1N(C(=O)Cn1nnc2ccccc21)[C@H](C(=O)NCCC(C)C)c1ccc(C)cc1. The van der Waals surface area contributed by atoms with Crippen molar-refractivity contribution < 1.29 is 9.59 Å². The number of fused-ring (bicyclic) bond motifs is 1. The molecule has 0 unspecified atom stereocenters. The first-order valence-corrected chi connectivity index (χ1v) is 12.9. The van der Waals surface area contributed by atoms with Crippen LogP contribution in [0.1, 0.15) is 49.9 Å². The third kappa shape index (κ3) is 6.05. The van der Waals surface area contributed by atoms with Gasteiger partial charge in [-0.2, -0.15) is 0 Å². The van der Waals surface area contributed by atoms with Crippen LogP contribution in [-0.2, 0) is 22.6 Å². The molecule has 1 N–H and O–H groups in total. The number of carbonyl (C=O) groups excluding carboxylic acids is 2. The van der Waals surface area contributed by atoms with Gasteiger partial charge >= 0.3 is 0 Å². The van der Waals surface area contributed by atoms with Crippen molar-refractivity contribution in [3.63, 3.8) is 0 Å². The molecule has 4 rings (SSSR count). The number of carbonyl (C=O) groups is 2. The second-order valence-corrected chi connectivity index (χ2v) is 9.77. The maximum atomic E-state index is 14.1. The molecule has 0 aliphatic heterocycles. The predicted octanol–water partition coefficient (Wildman–Crippen LogP) is 5.24. The number of aromatic nitrogens is 3. The lowest BCUT2D eigenvalue weighted by molar-refractivity contribution is -0.127. The van der Waals surface area contributed by atoms with E-state index >= 15 is 0 Å². The summed E-state index contributed by atoms with van der Waals surface area (Å²) in [5.74, 6) is 0.0191. The number of amides is 2. The maximum Gasteiger partial charge on any atom is 0.249 e. The molecule has 0 radical (unpaired) electrons. The molecule has 1 heterocycles. The Labute approximate surface area is 218 Å². The van der Waals surface area contributed by atoms with E-state index in [1.165, 1.54) is 0 Å². The Kier molecular flexibility index (Phi) is 8.33. The van der Waals surface area contributed by atoms with E-state index in [1.807, 2.05) is 79.7 Å². The van der Waals surface area contributed by atoms with Gasteiger partial charge in [0.15, 0.2) is 0 Å². The molecule has 0 spiro atoms. The standard InChI is InChI=1S/C30H35N5O2/c1-5-23-10-6-8-12-26(23)35(28(36)20-34-27-13-9-7-11-25(27)32-33-34)29(24-16-14-22(4)15-17-24)30(37)31-19-18-21(2)3/h6-17,21,29H,5,18-20H2,1-4H3,(H,31,37)/t29-/m0/s1. The van der Waals surface area contributed by atoms with Gasteiger partial charge in [-0.25, -0.2) is 4.68 Å². The quantitative estimate of drug-likeness (QED) is 0.325. The zero-order valence-corrected chi connectivity index (χ0v) is 22.0. The molecular weight excluding hydrogens is 462 g/mol. The van der Waals surface area contributed by atoms with E-state index in [0.29, 0.717) is 12.5 Å². The van der Waals surface area contributed by atoms with Crippen LogP contribution in [0.4, 0.5) is 5.69 Å². The van der Waals surface area contributed by atoms with Gasteiger partial charge in [-0.1, -0.05) is 86.1 Å². The van der Waals surface area contributed by atoms with Crippen LogP contribution in [0.5, 0.6) is 0 Å². The van der Waals surface area contributed by atoms with Crippen LogP contribution in [0, 0.1) is 12.8 Å². The molecular formula is C30H35N5O2. The summed E-state index contributed by atoms with van der Waals surface area (Å²) in [4.78, 5) is 29.6. The molecule has 37 heavy (non-hydrogen) atoms. The van der Waals surface area contributed by atoms with Gasteiger partial charge in [-0.3, -0.25) is 14.5 Å². The van der Waals surface area contributed by atoms with E-state index in [4.69, 9.17) is 0 Å². The average molecular weight is 498 g/mol. The Balaban J connectivity index is 1.79. The van der Waals surface area contributed by atoms with Gasteiger partial charge < -0.3 is 5.32 Å². The molecule has 1 aromatic heterocycles. The van der Waals surface area contributed by atoms with E-state index in [0.717, 1.165) is 46.3 Å². The topological polar surface area (TPSA) is 80.1 Å². The monoisotopic (exact) mass is 497 g/mol. The normalized spacial score (nSPS) is 12.0. The largest absolute Gasteiger partial charge is 0.354 e. The second-order valence-electron chi connectivity index (χ2n) is 9.77. The number of hydrogen-bond donors (Lipinski definition) is 1. The Bertz CT molecular complexity index is 1360. The molecule has 0 saturated carbocycles. The highest BCUT2D eigenvalue weighted by Crippen LogP contribution is 2.32. The Morgan fingerprint density at radius 3 is 2.41 bits per heavy atom.